The number of esters is 1. The lowest BCUT2D eigenvalue weighted by atomic mass is 10.1. The molecular weight excluding hydrogens is 257 g/mol. The zero-order valence-corrected chi connectivity index (χ0v) is 8.40. The summed E-state index contributed by atoms with van der Waals surface area (Å²) in [6, 6.07) is 0. The fourth-order valence-corrected chi connectivity index (χ4v) is 1.34. The Morgan fingerprint density at radius 2 is 2.00 bits per heavy atom. The Labute approximate surface area is 92.7 Å². The van der Waals surface area contributed by atoms with Gasteiger partial charge in [0.2, 0.25) is 0 Å². The molecule has 94 valence electrons. The Kier molecular flexibility index (Phi) is 4.00. The Morgan fingerprint density at radius 3 is 2.50 bits per heavy atom. The number of halogens is 4. The van der Waals surface area contributed by atoms with Crippen molar-refractivity contribution in [3.05, 3.63) is 0 Å². The molecule has 1 heterocycles. The van der Waals surface area contributed by atoms with Crippen molar-refractivity contribution >= 4 is 17.6 Å². The van der Waals surface area contributed by atoms with Crippen LogP contribution in [0.5, 0.6) is 0 Å². The van der Waals surface area contributed by atoms with E-state index >= 15 is 0 Å². The third-order valence-electron chi connectivity index (χ3n) is 1.89. The molecule has 0 unspecified atom stereocenters. The molecule has 4 atom stereocenters. The van der Waals surface area contributed by atoms with Gasteiger partial charge >= 0.3 is 12.1 Å². The largest absolute Gasteiger partial charge is 0.490 e. The average molecular weight is 265 g/mol. The van der Waals surface area contributed by atoms with E-state index in [9.17, 15) is 23.1 Å². The molecule has 1 saturated heterocycles. The maximum Gasteiger partial charge on any atom is 0.490 e. The summed E-state index contributed by atoms with van der Waals surface area (Å²) in [5.74, 6) is -2.50. The highest BCUT2D eigenvalue weighted by Crippen LogP contribution is 2.25. The Bertz CT molecular complexity index is 271. The second-order valence-electron chi connectivity index (χ2n) is 3.11. The third kappa shape index (κ3) is 2.97. The van der Waals surface area contributed by atoms with Gasteiger partial charge in [0.1, 0.15) is 12.2 Å². The van der Waals surface area contributed by atoms with Gasteiger partial charge in [0.25, 0.3) is 0 Å². The van der Waals surface area contributed by atoms with E-state index in [0.717, 1.165) is 0 Å². The number of ether oxygens (including phenoxy) is 2. The van der Waals surface area contributed by atoms with Gasteiger partial charge in [-0.2, -0.15) is 13.2 Å². The molecular formula is C7H8ClF3O5. The fourth-order valence-electron chi connectivity index (χ4n) is 1.07. The topological polar surface area (TPSA) is 76.0 Å². The second kappa shape index (κ2) is 4.74. The lowest BCUT2D eigenvalue weighted by Gasteiger charge is -2.34. The van der Waals surface area contributed by atoms with Crippen LogP contribution in [0.2, 0.25) is 0 Å². The number of alkyl halides is 4. The molecule has 0 aliphatic carbocycles. The minimum absolute atomic E-state index is 0.352. The van der Waals surface area contributed by atoms with Crippen LogP contribution in [-0.2, 0) is 14.3 Å². The predicted octanol–water partition coefficient (Wildman–Crippen LogP) is -0.223. The van der Waals surface area contributed by atoms with Crippen molar-refractivity contribution in [1.29, 1.82) is 0 Å². The molecule has 1 aliphatic rings. The van der Waals surface area contributed by atoms with Crippen LogP contribution in [0.1, 0.15) is 0 Å². The first-order valence-electron chi connectivity index (χ1n) is 4.13. The molecule has 0 spiro atoms. The zero-order valence-electron chi connectivity index (χ0n) is 7.65. The fraction of sp³-hybridized carbons (Fsp3) is 0.857. The minimum Gasteiger partial charge on any atom is -0.449 e. The lowest BCUT2D eigenvalue weighted by Crippen LogP contribution is -2.53. The van der Waals surface area contributed by atoms with Crippen molar-refractivity contribution in [3.63, 3.8) is 0 Å². The highest BCUT2D eigenvalue weighted by molar-refractivity contribution is 6.20. The SMILES string of the molecule is O=C(O[C@H]1[C@H](O)[C@H](O)CO[C@@H]1Cl)C(F)(F)F. The van der Waals surface area contributed by atoms with Crippen molar-refractivity contribution in [2.45, 2.75) is 30.1 Å². The first-order chi connectivity index (χ1) is 7.23. The summed E-state index contributed by atoms with van der Waals surface area (Å²) in [5.41, 5.74) is -1.44. The first kappa shape index (κ1) is 13.5. The van der Waals surface area contributed by atoms with Gasteiger partial charge in [-0.25, -0.2) is 4.79 Å². The Hall–Kier alpha value is -0.570. The molecule has 0 aromatic rings. The summed E-state index contributed by atoms with van der Waals surface area (Å²) < 4.78 is 44.1. The molecule has 0 aromatic carbocycles. The molecule has 0 saturated carbocycles. The van der Waals surface area contributed by atoms with Crippen LogP contribution >= 0.6 is 11.6 Å². The molecule has 0 radical (unpaired) electrons. The second-order valence-corrected chi connectivity index (χ2v) is 3.54. The molecule has 16 heavy (non-hydrogen) atoms. The lowest BCUT2D eigenvalue weighted by molar-refractivity contribution is -0.228. The van der Waals surface area contributed by atoms with E-state index in [-0.39, 0.29) is 6.61 Å². The number of aliphatic hydroxyl groups is 2. The molecule has 1 fully saturated rings. The predicted molar refractivity (Wildman–Crippen MR) is 43.5 cm³/mol. The van der Waals surface area contributed by atoms with Gasteiger partial charge in [-0.3, -0.25) is 0 Å². The maximum absolute atomic E-state index is 11.9. The van der Waals surface area contributed by atoms with Crippen LogP contribution in [0.3, 0.4) is 0 Å². The molecule has 2 N–H and O–H groups in total. The Balaban J connectivity index is 2.67. The molecule has 9 heteroatoms. The highest BCUT2D eigenvalue weighted by atomic mass is 35.5. The van der Waals surface area contributed by atoms with E-state index in [0.29, 0.717) is 0 Å². The van der Waals surface area contributed by atoms with Crippen molar-refractivity contribution in [1.82, 2.24) is 0 Å². The Morgan fingerprint density at radius 1 is 1.44 bits per heavy atom. The summed E-state index contributed by atoms with van der Waals surface area (Å²) >= 11 is 5.40. The molecule has 0 aromatic heterocycles. The summed E-state index contributed by atoms with van der Waals surface area (Å²) in [6.45, 7) is -0.352. The molecule has 1 aliphatic heterocycles. The average Bonchev–Trinajstić information content (AvgIpc) is 2.17. The van der Waals surface area contributed by atoms with Gasteiger partial charge < -0.3 is 19.7 Å². The van der Waals surface area contributed by atoms with E-state index in [1.165, 1.54) is 0 Å². The normalized spacial score (nSPS) is 35.9. The number of carbonyl (C=O) groups excluding carboxylic acids is 1. The van der Waals surface area contributed by atoms with Crippen molar-refractivity contribution in [3.8, 4) is 0 Å². The van der Waals surface area contributed by atoms with Crippen LogP contribution in [0.4, 0.5) is 13.2 Å². The molecule has 0 bridgehead atoms. The van der Waals surface area contributed by atoms with Crippen LogP contribution in [0.15, 0.2) is 0 Å². The van der Waals surface area contributed by atoms with Crippen LogP contribution < -0.4 is 0 Å². The van der Waals surface area contributed by atoms with E-state index in [4.69, 9.17) is 16.7 Å². The standard InChI is InChI=1S/C7H8ClF3O5/c8-5-4(3(13)2(12)1-15-5)16-6(14)7(9,10)11/h2-5,12-13H,1H2/t2-,3-,4+,5+/m1/s1. The highest BCUT2D eigenvalue weighted by Gasteiger charge is 2.47. The number of aliphatic hydroxyl groups excluding tert-OH is 2. The van der Waals surface area contributed by atoms with Gasteiger partial charge in [0.15, 0.2) is 11.7 Å². The van der Waals surface area contributed by atoms with E-state index in [1.807, 2.05) is 0 Å². The molecule has 1 rings (SSSR count). The number of hydrogen-bond donors (Lipinski definition) is 2. The van der Waals surface area contributed by atoms with Crippen LogP contribution in [-0.4, -0.2) is 52.8 Å². The number of hydrogen-bond acceptors (Lipinski definition) is 5. The van der Waals surface area contributed by atoms with E-state index in [1.54, 1.807) is 0 Å². The summed E-state index contributed by atoms with van der Waals surface area (Å²) in [5, 5.41) is 18.3. The van der Waals surface area contributed by atoms with Crippen molar-refractivity contribution < 1.29 is 37.7 Å². The van der Waals surface area contributed by atoms with Gasteiger partial charge in [0, 0.05) is 0 Å². The third-order valence-corrected chi connectivity index (χ3v) is 2.26. The number of rotatable bonds is 1. The summed E-state index contributed by atoms with van der Waals surface area (Å²) in [4.78, 5) is 10.5. The molecule has 0 amide bonds. The number of carbonyl (C=O) groups is 1. The van der Waals surface area contributed by atoms with Gasteiger partial charge in [-0.05, 0) is 0 Å². The zero-order chi connectivity index (χ0) is 12.5. The van der Waals surface area contributed by atoms with Gasteiger partial charge in [-0.1, -0.05) is 11.6 Å². The monoisotopic (exact) mass is 264 g/mol. The van der Waals surface area contributed by atoms with Crippen molar-refractivity contribution in [2.75, 3.05) is 6.61 Å². The smallest absolute Gasteiger partial charge is 0.449 e. The van der Waals surface area contributed by atoms with E-state index in [2.05, 4.69) is 9.47 Å². The minimum atomic E-state index is -5.20. The van der Waals surface area contributed by atoms with Gasteiger partial charge in [0.05, 0.1) is 6.61 Å². The molecule has 5 nitrogen and oxygen atoms in total. The maximum atomic E-state index is 11.9. The van der Waals surface area contributed by atoms with E-state index < -0.39 is 36.0 Å². The first-order valence-corrected chi connectivity index (χ1v) is 4.56. The van der Waals surface area contributed by atoms with Gasteiger partial charge in [-0.15, -0.1) is 0 Å². The summed E-state index contributed by atoms with van der Waals surface area (Å²) in [6.07, 6.45) is -10.1. The van der Waals surface area contributed by atoms with Crippen LogP contribution in [0.25, 0.3) is 0 Å². The quantitative estimate of drug-likeness (QED) is 0.506. The van der Waals surface area contributed by atoms with Crippen LogP contribution in [0, 0.1) is 0 Å². The summed E-state index contributed by atoms with van der Waals surface area (Å²) in [7, 11) is 0. The van der Waals surface area contributed by atoms with Crippen molar-refractivity contribution in [2.24, 2.45) is 0 Å².